The van der Waals surface area contributed by atoms with E-state index >= 15 is 0 Å². The summed E-state index contributed by atoms with van der Waals surface area (Å²) in [7, 11) is -3.30. The topological polar surface area (TPSA) is 49.4 Å². The van der Waals surface area contributed by atoms with Gasteiger partial charge < -0.3 is 5.32 Å². The van der Waals surface area contributed by atoms with E-state index in [1.54, 1.807) is 10.4 Å². The highest BCUT2D eigenvalue weighted by Crippen LogP contribution is 2.35. The molecule has 0 unspecified atom stereocenters. The van der Waals surface area contributed by atoms with Gasteiger partial charge in [-0.2, -0.15) is 4.31 Å². The van der Waals surface area contributed by atoms with Crippen LogP contribution in [0.5, 0.6) is 0 Å². The second kappa shape index (κ2) is 5.61. The van der Waals surface area contributed by atoms with Gasteiger partial charge in [-0.1, -0.05) is 0 Å². The molecule has 0 radical (unpaired) electrons. The van der Waals surface area contributed by atoms with Gasteiger partial charge in [0.2, 0.25) is 10.0 Å². The molecule has 2 saturated heterocycles. The standard InChI is InChI=1S/C11H15BrN2O2S2.ClH/c1-7-10(2-11(12)17-7)18(15,16)14-5-8-3-13-4-9(8)6-14;/h2,8-9,13H,3-6H2,1H3;1H/t8-,9+;. The van der Waals surface area contributed by atoms with Gasteiger partial charge in [0.05, 0.1) is 8.68 Å². The van der Waals surface area contributed by atoms with Crippen molar-refractivity contribution < 1.29 is 8.42 Å². The Balaban J connectivity index is 0.00000133. The van der Waals surface area contributed by atoms with Gasteiger partial charge in [-0.25, -0.2) is 8.42 Å². The summed E-state index contributed by atoms with van der Waals surface area (Å²) < 4.78 is 27.7. The summed E-state index contributed by atoms with van der Waals surface area (Å²) in [5, 5.41) is 3.32. The number of nitrogens with zero attached hydrogens (tertiary/aromatic N) is 1. The third kappa shape index (κ3) is 2.73. The van der Waals surface area contributed by atoms with E-state index in [4.69, 9.17) is 0 Å². The lowest BCUT2D eigenvalue weighted by Gasteiger charge is -2.17. The zero-order chi connectivity index (χ0) is 12.9. The van der Waals surface area contributed by atoms with Crippen LogP contribution < -0.4 is 5.32 Å². The Morgan fingerprint density at radius 3 is 2.42 bits per heavy atom. The van der Waals surface area contributed by atoms with E-state index in [2.05, 4.69) is 21.2 Å². The first-order valence-corrected chi connectivity index (χ1v) is 9.00. The van der Waals surface area contributed by atoms with Gasteiger partial charge in [0.1, 0.15) is 0 Å². The molecule has 19 heavy (non-hydrogen) atoms. The number of rotatable bonds is 2. The first-order valence-electron chi connectivity index (χ1n) is 5.95. The van der Waals surface area contributed by atoms with Crippen LogP contribution in [0.15, 0.2) is 14.7 Å². The van der Waals surface area contributed by atoms with Crippen molar-refractivity contribution >= 4 is 49.7 Å². The van der Waals surface area contributed by atoms with Crippen molar-refractivity contribution in [2.24, 2.45) is 11.8 Å². The van der Waals surface area contributed by atoms with Crippen LogP contribution in [0.25, 0.3) is 0 Å². The normalized spacial score (nSPS) is 27.3. The minimum Gasteiger partial charge on any atom is -0.316 e. The molecule has 2 fully saturated rings. The minimum atomic E-state index is -3.30. The van der Waals surface area contributed by atoms with Crippen molar-refractivity contribution in [1.29, 1.82) is 0 Å². The predicted molar refractivity (Wildman–Crippen MR) is 82.6 cm³/mol. The number of fused-ring (bicyclic) bond motifs is 1. The molecule has 8 heteroatoms. The van der Waals surface area contributed by atoms with Crippen LogP contribution in [0.1, 0.15) is 4.88 Å². The summed E-state index contributed by atoms with van der Waals surface area (Å²) in [6.07, 6.45) is 0. The lowest BCUT2D eigenvalue weighted by molar-refractivity contribution is 0.448. The van der Waals surface area contributed by atoms with E-state index in [1.165, 1.54) is 11.3 Å². The van der Waals surface area contributed by atoms with Crippen molar-refractivity contribution in [1.82, 2.24) is 9.62 Å². The molecule has 0 saturated carbocycles. The maximum Gasteiger partial charge on any atom is 0.244 e. The summed E-state index contributed by atoms with van der Waals surface area (Å²) in [5.74, 6) is 0.976. The SMILES string of the molecule is Cc1sc(Br)cc1S(=O)(=O)N1C[C@H]2CNC[C@H]2C1.Cl. The van der Waals surface area contributed by atoms with Gasteiger partial charge in [-0.05, 0) is 53.8 Å². The first-order chi connectivity index (χ1) is 8.48. The van der Waals surface area contributed by atoms with Gasteiger partial charge in [-0.3, -0.25) is 0 Å². The molecule has 0 amide bonds. The molecule has 0 bridgehead atoms. The van der Waals surface area contributed by atoms with Crippen LogP contribution in [0.4, 0.5) is 0 Å². The zero-order valence-corrected chi connectivity index (χ0v) is 14.5. The Bertz CT molecular complexity index is 563. The fourth-order valence-electron chi connectivity index (χ4n) is 2.83. The highest BCUT2D eigenvalue weighted by molar-refractivity contribution is 9.11. The van der Waals surface area contributed by atoms with Crippen molar-refractivity contribution in [3.05, 3.63) is 14.7 Å². The van der Waals surface area contributed by atoms with E-state index in [-0.39, 0.29) is 12.4 Å². The lowest BCUT2D eigenvalue weighted by atomic mass is 10.0. The Hall–Kier alpha value is 0.340. The van der Waals surface area contributed by atoms with Gasteiger partial charge in [0.15, 0.2) is 0 Å². The maximum atomic E-state index is 12.6. The number of halogens is 2. The van der Waals surface area contributed by atoms with E-state index < -0.39 is 10.0 Å². The third-order valence-electron chi connectivity index (χ3n) is 3.82. The van der Waals surface area contributed by atoms with Crippen LogP contribution in [-0.2, 0) is 10.0 Å². The number of thiophene rings is 1. The van der Waals surface area contributed by atoms with Gasteiger partial charge in [0, 0.05) is 18.0 Å². The second-order valence-electron chi connectivity index (χ2n) is 4.97. The minimum absolute atomic E-state index is 0. The molecule has 4 nitrogen and oxygen atoms in total. The lowest BCUT2D eigenvalue weighted by Crippen LogP contribution is -2.32. The molecule has 0 spiro atoms. The average molecular weight is 388 g/mol. The summed E-state index contributed by atoms with van der Waals surface area (Å²) in [6.45, 7) is 5.08. The zero-order valence-electron chi connectivity index (χ0n) is 10.4. The summed E-state index contributed by atoms with van der Waals surface area (Å²) in [4.78, 5) is 1.32. The number of sulfonamides is 1. The largest absolute Gasteiger partial charge is 0.316 e. The quantitative estimate of drug-likeness (QED) is 0.845. The molecule has 2 aliphatic rings. The monoisotopic (exact) mass is 386 g/mol. The molecule has 108 valence electrons. The van der Waals surface area contributed by atoms with Crippen LogP contribution in [-0.4, -0.2) is 38.9 Å². The third-order valence-corrected chi connectivity index (χ3v) is 7.46. The predicted octanol–water partition coefficient (Wildman–Crippen LogP) is 2.08. The fourth-order valence-corrected chi connectivity index (χ4v) is 6.77. The number of hydrogen-bond acceptors (Lipinski definition) is 4. The number of hydrogen-bond donors (Lipinski definition) is 1. The maximum absolute atomic E-state index is 12.6. The van der Waals surface area contributed by atoms with Crippen LogP contribution in [0.3, 0.4) is 0 Å². The summed E-state index contributed by atoms with van der Waals surface area (Å²) >= 11 is 4.83. The molecular formula is C11H16BrClN2O2S2. The van der Waals surface area contributed by atoms with Crippen molar-refractivity contribution in [2.45, 2.75) is 11.8 Å². The van der Waals surface area contributed by atoms with Gasteiger partial charge in [0.25, 0.3) is 0 Å². The number of nitrogens with one attached hydrogen (secondary N) is 1. The molecule has 1 aromatic heterocycles. The molecule has 2 aliphatic heterocycles. The highest BCUT2D eigenvalue weighted by atomic mass is 79.9. The molecule has 1 aromatic rings. The van der Waals surface area contributed by atoms with E-state index in [1.807, 2.05) is 6.92 Å². The summed E-state index contributed by atoms with van der Waals surface area (Å²) in [5.41, 5.74) is 0. The number of aryl methyl sites for hydroxylation is 1. The van der Waals surface area contributed by atoms with Crippen LogP contribution >= 0.6 is 39.7 Å². The van der Waals surface area contributed by atoms with Crippen molar-refractivity contribution in [3.63, 3.8) is 0 Å². The average Bonchev–Trinajstić information content (AvgIpc) is 2.90. The van der Waals surface area contributed by atoms with E-state index in [9.17, 15) is 8.42 Å². The van der Waals surface area contributed by atoms with E-state index in [0.29, 0.717) is 29.8 Å². The Labute approximate surface area is 132 Å². The fraction of sp³-hybridized carbons (Fsp3) is 0.636. The molecule has 2 atom stereocenters. The second-order valence-corrected chi connectivity index (χ2v) is 9.51. The smallest absolute Gasteiger partial charge is 0.244 e. The van der Waals surface area contributed by atoms with Gasteiger partial charge >= 0.3 is 0 Å². The Kier molecular flexibility index (Phi) is 4.65. The van der Waals surface area contributed by atoms with E-state index in [0.717, 1.165) is 21.8 Å². The van der Waals surface area contributed by atoms with Gasteiger partial charge in [-0.15, -0.1) is 23.7 Å². The van der Waals surface area contributed by atoms with Crippen molar-refractivity contribution in [2.75, 3.05) is 26.2 Å². The molecular weight excluding hydrogens is 372 g/mol. The molecule has 3 rings (SSSR count). The summed E-state index contributed by atoms with van der Waals surface area (Å²) in [6, 6.07) is 1.72. The molecule has 3 heterocycles. The molecule has 0 aliphatic carbocycles. The molecule has 1 N–H and O–H groups in total. The van der Waals surface area contributed by atoms with Crippen LogP contribution in [0, 0.1) is 18.8 Å². The Morgan fingerprint density at radius 1 is 1.37 bits per heavy atom. The first kappa shape index (κ1) is 15.7. The highest BCUT2D eigenvalue weighted by Gasteiger charge is 2.42. The molecule has 0 aromatic carbocycles. The van der Waals surface area contributed by atoms with Crippen LogP contribution in [0.2, 0.25) is 0 Å². The van der Waals surface area contributed by atoms with Crippen molar-refractivity contribution in [3.8, 4) is 0 Å². The Morgan fingerprint density at radius 2 is 1.95 bits per heavy atom.